The molecule has 0 radical (unpaired) electrons. The Bertz CT molecular complexity index is 1440. The first-order valence-electron chi connectivity index (χ1n) is 16.3. The molecular formula is C35H47N3O9S. The van der Waals surface area contributed by atoms with Crippen molar-refractivity contribution < 1.29 is 43.2 Å². The van der Waals surface area contributed by atoms with Gasteiger partial charge in [0.2, 0.25) is 5.91 Å². The molecule has 3 fully saturated rings. The van der Waals surface area contributed by atoms with Gasteiger partial charge in [-0.1, -0.05) is 18.2 Å². The fourth-order valence-electron chi connectivity index (χ4n) is 6.70. The number of nitrogens with one attached hydrogen (secondary N) is 2. The van der Waals surface area contributed by atoms with E-state index < -0.39 is 47.3 Å². The highest BCUT2D eigenvalue weighted by Crippen LogP contribution is 2.40. The van der Waals surface area contributed by atoms with Crippen molar-refractivity contribution in [3.05, 3.63) is 58.7 Å². The number of hydrogen-bond donors (Lipinski definition) is 3. The lowest BCUT2D eigenvalue weighted by atomic mass is 9.96. The largest absolute Gasteiger partial charge is 0.497 e. The number of benzene rings is 2. The molecule has 3 amide bonds. The number of nitrogens with zero attached hydrogens (tertiary/aromatic N) is 1. The average Bonchev–Trinajstić information content (AvgIpc) is 3.62. The lowest BCUT2D eigenvalue weighted by Crippen LogP contribution is -2.58. The third-order valence-electron chi connectivity index (χ3n) is 9.44. The molecule has 3 N–H and O–H groups in total. The SMILES string of the molecule is COc1cc(C[C@H](NC(=O)O[C@@H]2CO[C@@H]3OCCC[C@@H]32)[C@H](O)C(=O)N2CSC(C)(C)[C@H]2C(=O)NCc2c(C)cccc2C)cc(OC)c1. The van der Waals surface area contributed by atoms with Gasteiger partial charge in [0.05, 0.1) is 32.7 Å². The van der Waals surface area contributed by atoms with Gasteiger partial charge in [-0.15, -0.1) is 11.8 Å². The molecule has 3 aliphatic heterocycles. The smallest absolute Gasteiger partial charge is 0.407 e. The molecule has 0 saturated carbocycles. The molecule has 0 bridgehead atoms. The number of thioether (sulfide) groups is 1. The van der Waals surface area contributed by atoms with E-state index in [0.29, 0.717) is 30.2 Å². The van der Waals surface area contributed by atoms with E-state index in [0.717, 1.165) is 29.5 Å². The zero-order valence-electron chi connectivity index (χ0n) is 28.4. The van der Waals surface area contributed by atoms with E-state index in [1.165, 1.54) is 30.9 Å². The van der Waals surface area contributed by atoms with Crippen molar-refractivity contribution in [2.45, 2.75) is 88.8 Å². The second-order valence-corrected chi connectivity index (χ2v) is 14.7. The number of ether oxygens (including phenoxy) is 5. The Morgan fingerprint density at radius 1 is 1.08 bits per heavy atom. The molecule has 6 atom stereocenters. The molecule has 48 heavy (non-hydrogen) atoms. The van der Waals surface area contributed by atoms with Crippen molar-refractivity contribution in [3.8, 4) is 11.5 Å². The zero-order valence-corrected chi connectivity index (χ0v) is 29.3. The lowest BCUT2D eigenvalue weighted by molar-refractivity contribution is -0.152. The third-order valence-corrected chi connectivity index (χ3v) is 10.8. The van der Waals surface area contributed by atoms with E-state index in [9.17, 15) is 19.5 Å². The van der Waals surface area contributed by atoms with Gasteiger partial charge >= 0.3 is 6.09 Å². The summed E-state index contributed by atoms with van der Waals surface area (Å²) in [5, 5.41) is 17.5. The van der Waals surface area contributed by atoms with Gasteiger partial charge in [0, 0.05) is 29.9 Å². The fraction of sp³-hybridized carbons (Fsp3) is 0.571. The number of aliphatic hydroxyl groups excluding tert-OH is 1. The van der Waals surface area contributed by atoms with Gasteiger partial charge in [-0.2, -0.15) is 0 Å². The summed E-state index contributed by atoms with van der Waals surface area (Å²) in [4.78, 5) is 42.6. The number of fused-ring (bicyclic) bond motifs is 1. The highest BCUT2D eigenvalue weighted by molar-refractivity contribution is 8.00. The summed E-state index contributed by atoms with van der Waals surface area (Å²) in [6.45, 7) is 8.90. The predicted octanol–water partition coefficient (Wildman–Crippen LogP) is 3.47. The van der Waals surface area contributed by atoms with Crippen LogP contribution in [0.1, 0.15) is 48.9 Å². The molecule has 0 aromatic heterocycles. The predicted molar refractivity (Wildman–Crippen MR) is 180 cm³/mol. The van der Waals surface area contributed by atoms with Crippen molar-refractivity contribution in [3.63, 3.8) is 0 Å². The molecular weight excluding hydrogens is 638 g/mol. The van der Waals surface area contributed by atoms with Crippen LogP contribution in [-0.2, 0) is 36.8 Å². The maximum absolute atomic E-state index is 14.1. The van der Waals surface area contributed by atoms with Gasteiger partial charge in [-0.3, -0.25) is 9.59 Å². The van der Waals surface area contributed by atoms with Crippen LogP contribution in [-0.4, -0.2) is 96.6 Å². The summed E-state index contributed by atoms with van der Waals surface area (Å²) in [6.07, 6.45) is -1.77. The molecule has 5 rings (SSSR count). The summed E-state index contributed by atoms with van der Waals surface area (Å²) in [7, 11) is 3.04. The van der Waals surface area contributed by atoms with Gasteiger partial charge in [0.25, 0.3) is 5.91 Å². The van der Waals surface area contributed by atoms with Crippen molar-refractivity contribution in [2.24, 2.45) is 5.92 Å². The standard InChI is InChI=1S/C35H47N3O9S/c1-20-9-7-10-21(2)26(20)17-36-31(40)30-35(3,4)48-19-38(30)32(41)29(39)27(15-22-13-23(43-5)16-24(14-22)44-6)37-34(42)47-28-18-46-33-25(28)11-8-12-45-33/h7,9-10,13-14,16,25,27-30,33,39H,8,11-12,15,17-19H2,1-6H3,(H,36,40)(H,37,42)/t25-,27+,28-,29+,30-,33+/m1/s1. The number of carbonyl (C=O) groups excluding carboxylic acids is 3. The normalized spacial score (nSPS) is 24.3. The molecule has 0 spiro atoms. The number of aryl methyl sites for hydroxylation is 2. The Balaban J connectivity index is 1.35. The first kappa shape index (κ1) is 35.8. The number of hydrogen-bond acceptors (Lipinski definition) is 10. The maximum Gasteiger partial charge on any atom is 0.407 e. The molecule has 262 valence electrons. The van der Waals surface area contributed by atoms with E-state index in [2.05, 4.69) is 10.6 Å². The molecule has 3 aliphatic rings. The fourth-order valence-corrected chi connectivity index (χ4v) is 7.84. The van der Waals surface area contributed by atoms with E-state index in [1.807, 2.05) is 45.9 Å². The first-order valence-corrected chi connectivity index (χ1v) is 17.3. The molecule has 0 aliphatic carbocycles. The van der Waals surface area contributed by atoms with Gasteiger partial charge in [0.15, 0.2) is 12.4 Å². The third kappa shape index (κ3) is 8.02. The van der Waals surface area contributed by atoms with Crippen LogP contribution in [0, 0.1) is 19.8 Å². The Labute approximate surface area is 286 Å². The second kappa shape index (κ2) is 15.4. The van der Waals surface area contributed by atoms with Crippen molar-refractivity contribution in [1.82, 2.24) is 15.5 Å². The van der Waals surface area contributed by atoms with Crippen LogP contribution < -0.4 is 20.1 Å². The second-order valence-electron chi connectivity index (χ2n) is 13.1. The summed E-state index contributed by atoms with van der Waals surface area (Å²) in [5.74, 6) is 0.124. The molecule has 2 aromatic rings. The Hall–Kier alpha value is -3.52. The molecule has 13 heteroatoms. The van der Waals surface area contributed by atoms with Crippen LogP contribution in [0.5, 0.6) is 11.5 Å². The van der Waals surface area contributed by atoms with Crippen molar-refractivity contribution in [2.75, 3.05) is 33.3 Å². The molecule has 2 aromatic carbocycles. The molecule has 3 saturated heterocycles. The van der Waals surface area contributed by atoms with Crippen molar-refractivity contribution in [1.29, 1.82) is 0 Å². The van der Waals surface area contributed by atoms with Gasteiger partial charge in [0.1, 0.15) is 23.6 Å². The molecule has 0 unspecified atom stereocenters. The number of alkyl carbamates (subject to hydrolysis) is 1. The number of amides is 3. The average molecular weight is 686 g/mol. The van der Waals surface area contributed by atoms with Gasteiger partial charge in [-0.05, 0) is 81.3 Å². The number of rotatable bonds is 11. The summed E-state index contributed by atoms with van der Waals surface area (Å²) in [5.41, 5.74) is 3.78. The maximum atomic E-state index is 14.1. The first-order chi connectivity index (χ1) is 22.9. The highest BCUT2D eigenvalue weighted by atomic mass is 32.2. The zero-order chi connectivity index (χ0) is 34.6. The Morgan fingerprint density at radius 2 is 1.77 bits per heavy atom. The summed E-state index contributed by atoms with van der Waals surface area (Å²) >= 11 is 1.45. The van der Waals surface area contributed by atoms with Crippen molar-refractivity contribution >= 4 is 29.7 Å². The van der Waals surface area contributed by atoms with E-state index in [4.69, 9.17) is 23.7 Å². The monoisotopic (exact) mass is 685 g/mol. The van der Waals surface area contributed by atoms with Crippen LogP contribution in [0.4, 0.5) is 4.79 Å². The Kier molecular flexibility index (Phi) is 11.4. The highest BCUT2D eigenvalue weighted by Gasteiger charge is 2.50. The quantitative estimate of drug-likeness (QED) is 0.322. The van der Waals surface area contributed by atoms with Crippen LogP contribution in [0.3, 0.4) is 0 Å². The van der Waals surface area contributed by atoms with E-state index in [-0.39, 0.29) is 30.7 Å². The van der Waals surface area contributed by atoms with Crippen LogP contribution >= 0.6 is 11.8 Å². The topological polar surface area (TPSA) is 145 Å². The number of aliphatic hydroxyl groups is 1. The Morgan fingerprint density at radius 3 is 2.44 bits per heavy atom. The van der Waals surface area contributed by atoms with E-state index >= 15 is 0 Å². The van der Waals surface area contributed by atoms with E-state index in [1.54, 1.807) is 18.2 Å². The van der Waals surface area contributed by atoms with Gasteiger partial charge < -0.3 is 44.3 Å². The summed E-state index contributed by atoms with van der Waals surface area (Å²) in [6, 6.07) is 9.17. The van der Waals surface area contributed by atoms with Gasteiger partial charge in [-0.25, -0.2) is 4.79 Å². The van der Waals surface area contributed by atoms with Crippen LogP contribution in [0.2, 0.25) is 0 Å². The summed E-state index contributed by atoms with van der Waals surface area (Å²) < 4.78 is 27.3. The minimum absolute atomic E-state index is 0.0414. The number of methoxy groups -OCH3 is 2. The molecule has 3 heterocycles. The minimum atomic E-state index is -1.70. The van der Waals surface area contributed by atoms with Crippen LogP contribution in [0.25, 0.3) is 0 Å². The lowest BCUT2D eigenvalue weighted by Gasteiger charge is -2.33. The van der Waals surface area contributed by atoms with Crippen LogP contribution in [0.15, 0.2) is 36.4 Å². The minimum Gasteiger partial charge on any atom is -0.497 e. The molecule has 12 nitrogen and oxygen atoms in total. The number of carbonyl (C=O) groups is 3.